The summed E-state index contributed by atoms with van der Waals surface area (Å²) in [5, 5.41) is 2.87. The molecule has 5 nitrogen and oxygen atoms in total. The Balaban J connectivity index is 1.64. The number of hydrogen-bond acceptors (Lipinski definition) is 6. The van der Waals surface area contributed by atoms with Gasteiger partial charge in [-0.3, -0.25) is 0 Å². The van der Waals surface area contributed by atoms with Crippen LogP contribution in [0.3, 0.4) is 0 Å². The summed E-state index contributed by atoms with van der Waals surface area (Å²) >= 11 is 4.92. The van der Waals surface area contributed by atoms with Crippen molar-refractivity contribution in [2.24, 2.45) is 4.36 Å². The lowest BCUT2D eigenvalue weighted by molar-refractivity contribution is 0.00578. The number of benzene rings is 3. The minimum absolute atomic E-state index is 0.378. The van der Waals surface area contributed by atoms with E-state index < -0.39 is 7.12 Å². The van der Waals surface area contributed by atoms with Crippen LogP contribution in [-0.2, 0) is 21.7 Å². The van der Waals surface area contributed by atoms with Gasteiger partial charge in [0.1, 0.15) is 5.69 Å². The van der Waals surface area contributed by atoms with E-state index in [4.69, 9.17) is 32.5 Å². The van der Waals surface area contributed by atoms with Crippen molar-refractivity contribution in [2.75, 3.05) is 5.73 Å². The lowest BCUT2D eigenvalue weighted by Crippen LogP contribution is -2.41. The van der Waals surface area contributed by atoms with Crippen molar-refractivity contribution in [3.8, 4) is 11.3 Å². The van der Waals surface area contributed by atoms with Gasteiger partial charge < -0.3 is 15.0 Å². The number of rotatable bonds is 3. The molecule has 0 amide bonds. The molecule has 2 N–H and O–H groups in total. The molecule has 1 saturated heterocycles. The van der Waals surface area contributed by atoms with E-state index in [1.165, 1.54) is 0 Å². The molecule has 160 valence electrons. The molecular weight excluding hydrogens is 417 g/mol. The van der Waals surface area contributed by atoms with Crippen LogP contribution in [0.1, 0.15) is 27.7 Å². The number of aromatic nitrogens is 1. The number of hydrogen-bond donors (Lipinski definition) is 1. The first-order valence-corrected chi connectivity index (χ1v) is 11.0. The molecule has 7 heteroatoms. The van der Waals surface area contributed by atoms with E-state index in [-0.39, 0.29) is 11.2 Å². The van der Waals surface area contributed by atoms with E-state index in [2.05, 4.69) is 44.2 Å². The molecule has 32 heavy (non-hydrogen) atoms. The summed E-state index contributed by atoms with van der Waals surface area (Å²) in [6, 6.07) is 20.0. The monoisotopic (exact) mass is 441 g/mol. The van der Waals surface area contributed by atoms with Crippen molar-refractivity contribution < 1.29 is 9.31 Å². The van der Waals surface area contributed by atoms with E-state index in [1.54, 1.807) is 0 Å². The van der Waals surface area contributed by atoms with E-state index in [1.807, 2.05) is 48.5 Å². The highest BCUT2D eigenvalue weighted by atomic mass is 32.1. The molecule has 2 heterocycles. The molecule has 1 aliphatic rings. The van der Waals surface area contributed by atoms with Crippen molar-refractivity contribution in [3.05, 3.63) is 60.7 Å². The normalized spacial score (nSPS) is 17.2. The second-order valence-electron chi connectivity index (χ2n) is 9.20. The summed E-state index contributed by atoms with van der Waals surface area (Å²) in [5.74, 6) is 0. The Kier molecular flexibility index (Phi) is 4.82. The Morgan fingerprint density at radius 3 is 2.19 bits per heavy atom. The summed E-state index contributed by atoms with van der Waals surface area (Å²) in [6.45, 7) is 8.22. The van der Waals surface area contributed by atoms with Gasteiger partial charge in [0.15, 0.2) is 0 Å². The van der Waals surface area contributed by atoms with Crippen molar-refractivity contribution >= 4 is 58.1 Å². The predicted octanol–water partition coefficient (Wildman–Crippen LogP) is 5.30. The fraction of sp³-hybridized carbons (Fsp3) is 0.240. The Hall–Kier alpha value is -2.87. The first-order chi connectivity index (χ1) is 15.2. The molecule has 1 fully saturated rings. The standard InChI is InChI=1S/C25H24BN3O2S/c1-24(2)25(3,4)31-26(30-24)16-11-9-15(10-12-16)23-18-13-14-20(29-32)22(27)21(18)17-7-5-6-8-19(17)28-23/h5-14H,27H2,1-4H3. The molecule has 3 aromatic carbocycles. The molecule has 0 radical (unpaired) electrons. The van der Waals surface area contributed by atoms with Gasteiger partial charge in [0.25, 0.3) is 0 Å². The van der Waals surface area contributed by atoms with E-state index in [0.29, 0.717) is 11.4 Å². The summed E-state index contributed by atoms with van der Waals surface area (Å²) in [5.41, 5.74) is 10.6. The van der Waals surface area contributed by atoms with Crippen LogP contribution in [0.4, 0.5) is 11.4 Å². The van der Waals surface area contributed by atoms with E-state index >= 15 is 0 Å². The molecule has 0 unspecified atom stereocenters. The van der Waals surface area contributed by atoms with E-state index in [0.717, 1.165) is 38.4 Å². The number of nitrogens with two attached hydrogens (primary N) is 1. The maximum atomic E-state index is 6.48. The van der Waals surface area contributed by atoms with Crippen LogP contribution in [0.5, 0.6) is 0 Å². The van der Waals surface area contributed by atoms with Gasteiger partial charge in [0, 0.05) is 34.1 Å². The topological polar surface area (TPSA) is 69.7 Å². The second-order valence-corrected chi connectivity index (χ2v) is 9.38. The van der Waals surface area contributed by atoms with Gasteiger partial charge in [-0.1, -0.05) is 42.5 Å². The zero-order valence-corrected chi connectivity index (χ0v) is 19.4. The summed E-state index contributed by atoms with van der Waals surface area (Å²) in [4.78, 5) is 4.97. The van der Waals surface area contributed by atoms with Gasteiger partial charge in [0.05, 0.1) is 28.1 Å². The van der Waals surface area contributed by atoms with Crippen molar-refractivity contribution in [1.82, 2.24) is 4.98 Å². The van der Waals surface area contributed by atoms with Crippen LogP contribution in [0.2, 0.25) is 0 Å². The molecule has 0 atom stereocenters. The first kappa shape index (κ1) is 21.0. The molecule has 1 aromatic heterocycles. The van der Waals surface area contributed by atoms with Crippen LogP contribution in [0, 0.1) is 0 Å². The van der Waals surface area contributed by atoms with Gasteiger partial charge in [-0.15, -0.1) is 0 Å². The number of nitrogens with zero attached hydrogens (tertiary/aromatic N) is 2. The van der Waals surface area contributed by atoms with Gasteiger partial charge in [-0.25, -0.2) is 4.98 Å². The zero-order chi connectivity index (χ0) is 22.7. The van der Waals surface area contributed by atoms with Crippen molar-refractivity contribution in [3.63, 3.8) is 0 Å². The Bertz CT molecular complexity index is 1350. The van der Waals surface area contributed by atoms with Crippen LogP contribution in [-0.4, -0.2) is 23.3 Å². The lowest BCUT2D eigenvalue weighted by atomic mass is 9.78. The summed E-state index contributed by atoms with van der Waals surface area (Å²) in [7, 11) is -0.401. The molecule has 0 saturated carbocycles. The second kappa shape index (κ2) is 7.34. The highest BCUT2D eigenvalue weighted by Gasteiger charge is 2.51. The molecule has 0 aliphatic carbocycles. The zero-order valence-electron chi connectivity index (χ0n) is 18.5. The van der Waals surface area contributed by atoms with Crippen LogP contribution in [0.15, 0.2) is 65.0 Å². The van der Waals surface area contributed by atoms with Crippen LogP contribution >= 0.6 is 0 Å². The summed E-state index contributed by atoms with van der Waals surface area (Å²) < 4.78 is 16.3. The van der Waals surface area contributed by atoms with Crippen molar-refractivity contribution in [1.29, 1.82) is 0 Å². The van der Waals surface area contributed by atoms with Gasteiger partial charge in [-0.05, 0) is 51.4 Å². The quantitative estimate of drug-likeness (QED) is 0.266. The molecule has 0 bridgehead atoms. The Morgan fingerprint density at radius 2 is 1.53 bits per heavy atom. The molecule has 4 aromatic rings. The molecule has 0 spiro atoms. The molecule has 1 aliphatic heterocycles. The number of nitrogen functional groups attached to an aromatic ring is 1. The van der Waals surface area contributed by atoms with Gasteiger partial charge in [0.2, 0.25) is 0 Å². The average molecular weight is 441 g/mol. The number of para-hydroxylation sites is 1. The van der Waals surface area contributed by atoms with Crippen LogP contribution in [0.25, 0.3) is 32.9 Å². The fourth-order valence-corrected chi connectivity index (χ4v) is 4.30. The maximum absolute atomic E-state index is 6.48. The van der Waals surface area contributed by atoms with E-state index in [9.17, 15) is 0 Å². The minimum atomic E-state index is -0.401. The third-order valence-corrected chi connectivity index (χ3v) is 6.89. The molecule has 5 rings (SSSR count). The summed E-state index contributed by atoms with van der Waals surface area (Å²) in [6.07, 6.45) is 0. The smallest absolute Gasteiger partial charge is 0.399 e. The van der Waals surface area contributed by atoms with Crippen molar-refractivity contribution in [2.45, 2.75) is 38.9 Å². The third-order valence-electron chi connectivity index (χ3n) is 6.69. The highest BCUT2D eigenvalue weighted by Crippen LogP contribution is 2.40. The molecular formula is C25H24BN3O2S. The van der Waals surface area contributed by atoms with Crippen LogP contribution < -0.4 is 11.2 Å². The lowest BCUT2D eigenvalue weighted by Gasteiger charge is -2.32. The maximum Gasteiger partial charge on any atom is 0.494 e. The number of anilines is 1. The first-order valence-electron chi connectivity index (χ1n) is 10.6. The predicted molar refractivity (Wildman–Crippen MR) is 134 cm³/mol. The number of pyridine rings is 1. The Labute approximate surface area is 193 Å². The van der Waals surface area contributed by atoms with Gasteiger partial charge >= 0.3 is 7.12 Å². The average Bonchev–Trinajstić information content (AvgIpc) is 3.00. The minimum Gasteiger partial charge on any atom is -0.399 e. The SMILES string of the molecule is CC1(C)OB(c2ccc(-c3nc4ccccc4c4c(N)c(N=S)ccc34)cc2)OC1(C)C. The largest absolute Gasteiger partial charge is 0.494 e. The fourth-order valence-electron chi connectivity index (χ4n) is 4.14. The number of fused-ring (bicyclic) bond motifs is 3. The third kappa shape index (κ3) is 3.20. The Morgan fingerprint density at radius 1 is 0.875 bits per heavy atom. The highest BCUT2D eigenvalue weighted by molar-refractivity contribution is 7.47. The van der Waals surface area contributed by atoms with Gasteiger partial charge in [-0.2, -0.15) is 4.36 Å².